The van der Waals surface area contributed by atoms with E-state index in [0.29, 0.717) is 17.0 Å². The molecule has 2 N–H and O–H groups in total. The molecule has 0 amide bonds. The smallest absolute Gasteiger partial charge is 0.389 e. The summed E-state index contributed by atoms with van der Waals surface area (Å²) in [7, 11) is 0. The number of carboxylic acid groups (broad SMARTS) is 1. The summed E-state index contributed by atoms with van der Waals surface area (Å²) in [5, 5.41) is 11.8. The summed E-state index contributed by atoms with van der Waals surface area (Å²) in [6.45, 7) is 10.7. The maximum absolute atomic E-state index is 13.1. The van der Waals surface area contributed by atoms with Gasteiger partial charge in [-0.3, -0.25) is 4.79 Å². The maximum Gasteiger partial charge on any atom is 0.389 e. The van der Waals surface area contributed by atoms with Gasteiger partial charge in [0.05, 0.1) is 6.42 Å². The molecule has 0 aliphatic rings. The van der Waals surface area contributed by atoms with Gasteiger partial charge in [0.15, 0.2) is 0 Å². The summed E-state index contributed by atoms with van der Waals surface area (Å²) in [4.78, 5) is 10.7. The molecule has 0 bridgehead atoms. The van der Waals surface area contributed by atoms with E-state index < -0.39 is 24.7 Å². The van der Waals surface area contributed by atoms with Crippen molar-refractivity contribution in [3.8, 4) is 16.9 Å². The second kappa shape index (κ2) is 11.9. The van der Waals surface area contributed by atoms with Gasteiger partial charge in [-0.15, -0.1) is 0 Å². The Labute approximate surface area is 222 Å². The molecular formula is C31H36F3NO3. The molecule has 1 unspecified atom stereocenters. The van der Waals surface area contributed by atoms with Crippen molar-refractivity contribution in [2.45, 2.75) is 71.6 Å². The Morgan fingerprint density at radius 1 is 0.947 bits per heavy atom. The number of hydrogen-bond acceptors (Lipinski definition) is 3. The number of alkyl halides is 3. The van der Waals surface area contributed by atoms with E-state index in [1.165, 1.54) is 5.56 Å². The van der Waals surface area contributed by atoms with Crippen LogP contribution in [0.3, 0.4) is 0 Å². The highest BCUT2D eigenvalue weighted by molar-refractivity contribution is 5.72. The first-order valence-electron chi connectivity index (χ1n) is 12.7. The van der Waals surface area contributed by atoms with Crippen LogP contribution in [0.5, 0.6) is 5.75 Å². The Bertz CT molecular complexity index is 1200. The SMILES string of the molecule is Cc1cc(OC(CCC(F)(F)F)c2ccc(NCCC(=O)O)cc2)cc(C)c1-c1ccc(C(C)(C)C)cc1. The fourth-order valence-corrected chi connectivity index (χ4v) is 4.47. The predicted molar refractivity (Wildman–Crippen MR) is 146 cm³/mol. The third-order valence-corrected chi connectivity index (χ3v) is 6.46. The molecule has 3 aromatic rings. The molecule has 0 saturated heterocycles. The second-order valence-electron chi connectivity index (χ2n) is 10.7. The predicted octanol–water partition coefficient (Wildman–Crippen LogP) is 8.62. The first-order chi connectivity index (χ1) is 17.7. The van der Waals surface area contributed by atoms with Crippen molar-refractivity contribution in [3.63, 3.8) is 0 Å². The fraction of sp³-hybridized carbons (Fsp3) is 0.387. The van der Waals surface area contributed by atoms with E-state index in [0.717, 1.165) is 22.3 Å². The fourth-order valence-electron chi connectivity index (χ4n) is 4.47. The zero-order valence-electron chi connectivity index (χ0n) is 22.6. The Morgan fingerprint density at radius 2 is 1.53 bits per heavy atom. The minimum atomic E-state index is -4.30. The summed E-state index contributed by atoms with van der Waals surface area (Å²) >= 11 is 0. The number of aliphatic carboxylic acids is 1. The average molecular weight is 528 g/mol. The number of benzene rings is 3. The molecule has 7 heteroatoms. The topological polar surface area (TPSA) is 58.6 Å². The Hall–Kier alpha value is -3.48. The Balaban J connectivity index is 1.83. The van der Waals surface area contributed by atoms with Crippen LogP contribution in [0.2, 0.25) is 0 Å². The van der Waals surface area contributed by atoms with Crippen LogP contribution in [0, 0.1) is 13.8 Å². The molecule has 204 valence electrons. The van der Waals surface area contributed by atoms with E-state index in [9.17, 15) is 18.0 Å². The molecule has 0 aliphatic heterocycles. The van der Waals surface area contributed by atoms with Crippen molar-refractivity contribution in [2.75, 3.05) is 11.9 Å². The van der Waals surface area contributed by atoms with Gasteiger partial charge in [-0.2, -0.15) is 13.2 Å². The van der Waals surface area contributed by atoms with Gasteiger partial charge >= 0.3 is 12.1 Å². The molecular weight excluding hydrogens is 491 g/mol. The lowest BCUT2D eigenvalue weighted by atomic mass is 9.85. The summed E-state index contributed by atoms with van der Waals surface area (Å²) < 4.78 is 45.5. The summed E-state index contributed by atoms with van der Waals surface area (Å²) in [5.41, 5.74) is 6.74. The molecule has 0 aliphatic carbocycles. The largest absolute Gasteiger partial charge is 0.486 e. The van der Waals surface area contributed by atoms with Gasteiger partial charge in [0, 0.05) is 18.7 Å². The number of aryl methyl sites for hydroxylation is 2. The van der Waals surface area contributed by atoms with Crippen LogP contribution in [-0.2, 0) is 10.2 Å². The van der Waals surface area contributed by atoms with Crippen LogP contribution in [0.1, 0.15) is 68.4 Å². The van der Waals surface area contributed by atoms with Crippen molar-refractivity contribution in [1.82, 2.24) is 0 Å². The number of anilines is 1. The normalized spacial score (nSPS) is 12.7. The van der Waals surface area contributed by atoms with Gasteiger partial charge in [0.25, 0.3) is 0 Å². The molecule has 3 rings (SSSR count). The van der Waals surface area contributed by atoms with Gasteiger partial charge in [-0.05, 0) is 83.3 Å². The Kier molecular flexibility index (Phi) is 9.13. The lowest BCUT2D eigenvalue weighted by Crippen LogP contribution is -2.14. The van der Waals surface area contributed by atoms with E-state index in [4.69, 9.17) is 9.84 Å². The van der Waals surface area contributed by atoms with Crippen LogP contribution < -0.4 is 10.1 Å². The number of halogens is 3. The molecule has 38 heavy (non-hydrogen) atoms. The van der Waals surface area contributed by atoms with Gasteiger partial charge in [0.1, 0.15) is 11.9 Å². The van der Waals surface area contributed by atoms with E-state index in [-0.39, 0.29) is 24.8 Å². The van der Waals surface area contributed by atoms with E-state index in [1.807, 2.05) is 26.0 Å². The zero-order chi connectivity index (χ0) is 28.1. The Morgan fingerprint density at radius 3 is 2.03 bits per heavy atom. The average Bonchev–Trinajstić information content (AvgIpc) is 2.81. The lowest BCUT2D eigenvalue weighted by Gasteiger charge is -2.23. The molecule has 0 aromatic heterocycles. The minimum Gasteiger partial charge on any atom is -0.486 e. The van der Waals surface area contributed by atoms with Gasteiger partial charge in [-0.25, -0.2) is 0 Å². The third kappa shape index (κ3) is 8.27. The number of hydrogen-bond donors (Lipinski definition) is 2. The third-order valence-electron chi connectivity index (χ3n) is 6.46. The van der Waals surface area contributed by atoms with E-state index in [2.05, 4.69) is 50.4 Å². The molecule has 0 saturated carbocycles. The van der Waals surface area contributed by atoms with Crippen molar-refractivity contribution in [3.05, 3.63) is 82.9 Å². The summed E-state index contributed by atoms with van der Waals surface area (Å²) in [6, 6.07) is 19.1. The molecule has 3 aromatic carbocycles. The van der Waals surface area contributed by atoms with Crippen LogP contribution in [0.25, 0.3) is 11.1 Å². The first kappa shape index (κ1) is 29.1. The molecule has 0 fully saturated rings. The summed E-state index contributed by atoms with van der Waals surface area (Å²) in [6.07, 6.45) is -6.31. The number of rotatable bonds is 10. The van der Waals surface area contributed by atoms with E-state index >= 15 is 0 Å². The van der Waals surface area contributed by atoms with Crippen LogP contribution in [-0.4, -0.2) is 23.8 Å². The van der Waals surface area contributed by atoms with Crippen molar-refractivity contribution >= 4 is 11.7 Å². The highest BCUT2D eigenvalue weighted by Crippen LogP contribution is 2.36. The molecule has 0 radical (unpaired) electrons. The van der Waals surface area contributed by atoms with Crippen molar-refractivity contribution in [1.29, 1.82) is 0 Å². The highest BCUT2D eigenvalue weighted by Gasteiger charge is 2.29. The molecule has 0 heterocycles. The highest BCUT2D eigenvalue weighted by atomic mass is 19.4. The number of nitrogens with one attached hydrogen (secondary N) is 1. The van der Waals surface area contributed by atoms with Crippen molar-refractivity contribution < 1.29 is 27.8 Å². The first-order valence-corrected chi connectivity index (χ1v) is 12.7. The monoisotopic (exact) mass is 527 g/mol. The van der Waals surface area contributed by atoms with Crippen LogP contribution in [0.4, 0.5) is 18.9 Å². The van der Waals surface area contributed by atoms with Gasteiger partial charge in [0.2, 0.25) is 0 Å². The van der Waals surface area contributed by atoms with Crippen LogP contribution in [0.15, 0.2) is 60.7 Å². The van der Waals surface area contributed by atoms with Gasteiger partial charge in [-0.1, -0.05) is 57.2 Å². The lowest BCUT2D eigenvalue weighted by molar-refractivity contribution is -0.139. The number of ether oxygens (including phenoxy) is 1. The van der Waals surface area contributed by atoms with Crippen LogP contribution >= 0.6 is 0 Å². The number of carbonyl (C=O) groups is 1. The number of carboxylic acids is 1. The minimum absolute atomic E-state index is 0.0332. The van der Waals surface area contributed by atoms with Gasteiger partial charge < -0.3 is 15.2 Å². The second-order valence-corrected chi connectivity index (χ2v) is 10.7. The summed E-state index contributed by atoms with van der Waals surface area (Å²) in [5.74, 6) is -0.390. The van der Waals surface area contributed by atoms with Crippen molar-refractivity contribution in [2.24, 2.45) is 0 Å². The van der Waals surface area contributed by atoms with E-state index in [1.54, 1.807) is 24.3 Å². The maximum atomic E-state index is 13.1. The quantitative estimate of drug-likeness (QED) is 0.277. The molecule has 4 nitrogen and oxygen atoms in total. The molecule has 1 atom stereocenters. The standard InChI is InChI=1S/C31H36F3NO3/c1-20-18-26(19-21(2)29(20)23-6-10-24(11-7-23)30(3,4)5)38-27(14-16-31(32,33)34)22-8-12-25(13-9-22)35-17-15-28(36)37/h6-13,18-19,27,35H,14-17H2,1-5H3,(H,36,37). The molecule has 0 spiro atoms. The zero-order valence-corrected chi connectivity index (χ0v) is 22.6.